The Kier molecular flexibility index (Phi) is 3.83. The quantitative estimate of drug-likeness (QED) is 0.668. The van der Waals surface area contributed by atoms with E-state index in [9.17, 15) is 0 Å². The molecule has 1 aromatic rings. The molecule has 15 heavy (non-hydrogen) atoms. The standard InChI is InChI=1S/C13H21BrSi/c1-13(2,3)15(4,5)10-11-6-8-12(14)9-7-11/h6-9H,10H2,1-5H3. The van der Waals surface area contributed by atoms with Crippen LogP contribution in [0.25, 0.3) is 0 Å². The van der Waals surface area contributed by atoms with Crippen LogP contribution >= 0.6 is 15.9 Å². The van der Waals surface area contributed by atoms with Crippen LogP contribution in [0.3, 0.4) is 0 Å². The van der Waals surface area contributed by atoms with Crippen molar-refractivity contribution in [1.82, 2.24) is 0 Å². The molecule has 0 spiro atoms. The van der Waals surface area contributed by atoms with E-state index in [1.54, 1.807) is 0 Å². The average molecular weight is 285 g/mol. The Labute approximate surface area is 103 Å². The molecule has 0 heterocycles. The molecule has 0 bridgehead atoms. The van der Waals surface area contributed by atoms with Gasteiger partial charge in [0.15, 0.2) is 0 Å². The fourth-order valence-corrected chi connectivity index (χ4v) is 3.43. The van der Waals surface area contributed by atoms with Crippen molar-refractivity contribution in [2.45, 2.75) is 44.9 Å². The molecule has 0 fully saturated rings. The van der Waals surface area contributed by atoms with Crippen LogP contribution in [0, 0.1) is 0 Å². The van der Waals surface area contributed by atoms with E-state index in [2.05, 4.69) is 74.1 Å². The number of rotatable bonds is 2. The highest BCUT2D eigenvalue weighted by atomic mass is 79.9. The fraction of sp³-hybridized carbons (Fsp3) is 0.538. The Morgan fingerprint density at radius 2 is 1.53 bits per heavy atom. The highest BCUT2D eigenvalue weighted by molar-refractivity contribution is 9.10. The molecule has 0 aliphatic rings. The van der Waals surface area contributed by atoms with Gasteiger partial charge in [0.1, 0.15) is 0 Å². The van der Waals surface area contributed by atoms with E-state index >= 15 is 0 Å². The summed E-state index contributed by atoms with van der Waals surface area (Å²) in [6.45, 7) is 12.1. The van der Waals surface area contributed by atoms with Crippen LogP contribution in [0.15, 0.2) is 28.7 Å². The number of halogens is 1. The molecule has 0 aromatic heterocycles. The van der Waals surface area contributed by atoms with Crippen molar-refractivity contribution in [3.05, 3.63) is 34.3 Å². The Morgan fingerprint density at radius 3 is 1.93 bits per heavy atom. The van der Waals surface area contributed by atoms with Gasteiger partial charge in [-0.05, 0) is 23.2 Å². The summed E-state index contributed by atoms with van der Waals surface area (Å²) in [5.41, 5.74) is 1.48. The zero-order valence-corrected chi connectivity index (χ0v) is 13.0. The first-order chi connectivity index (χ1) is 6.72. The molecule has 0 atom stereocenters. The maximum atomic E-state index is 3.48. The molecular weight excluding hydrogens is 264 g/mol. The average Bonchev–Trinajstić information content (AvgIpc) is 2.06. The molecule has 0 aliphatic heterocycles. The minimum Gasteiger partial charge on any atom is -0.0687 e. The predicted octanol–water partition coefficient (Wildman–Crippen LogP) is 5.04. The smallest absolute Gasteiger partial charge is 0.0571 e. The van der Waals surface area contributed by atoms with Crippen molar-refractivity contribution in [3.8, 4) is 0 Å². The second kappa shape index (κ2) is 4.42. The van der Waals surface area contributed by atoms with Crippen molar-refractivity contribution in [3.63, 3.8) is 0 Å². The summed E-state index contributed by atoms with van der Waals surface area (Å²) >= 11 is 3.48. The molecule has 0 saturated carbocycles. The second-order valence-electron chi connectivity index (χ2n) is 5.94. The van der Waals surface area contributed by atoms with E-state index in [-0.39, 0.29) is 0 Å². The van der Waals surface area contributed by atoms with Crippen molar-refractivity contribution in [2.24, 2.45) is 0 Å². The van der Waals surface area contributed by atoms with Crippen LogP contribution in [0.1, 0.15) is 26.3 Å². The van der Waals surface area contributed by atoms with Crippen LogP contribution in [0.2, 0.25) is 18.1 Å². The van der Waals surface area contributed by atoms with Gasteiger partial charge in [-0.3, -0.25) is 0 Å². The van der Waals surface area contributed by atoms with E-state index in [1.165, 1.54) is 16.1 Å². The SMILES string of the molecule is CC(C)(C)[Si](C)(C)Cc1ccc(Br)cc1. The third-order valence-electron chi connectivity index (χ3n) is 3.59. The van der Waals surface area contributed by atoms with Gasteiger partial charge in [0.05, 0.1) is 8.07 Å². The largest absolute Gasteiger partial charge is 0.0687 e. The van der Waals surface area contributed by atoms with E-state index in [0.29, 0.717) is 5.04 Å². The Balaban J connectivity index is 2.82. The van der Waals surface area contributed by atoms with Gasteiger partial charge in [0.25, 0.3) is 0 Å². The number of hydrogen-bond donors (Lipinski definition) is 0. The molecule has 0 amide bonds. The molecule has 0 unspecified atom stereocenters. The minimum atomic E-state index is -1.18. The van der Waals surface area contributed by atoms with E-state index in [1.807, 2.05) is 0 Å². The molecular formula is C13H21BrSi. The van der Waals surface area contributed by atoms with Gasteiger partial charge in [0.2, 0.25) is 0 Å². The van der Waals surface area contributed by atoms with E-state index in [4.69, 9.17) is 0 Å². The monoisotopic (exact) mass is 284 g/mol. The highest BCUT2D eigenvalue weighted by Gasteiger charge is 2.34. The lowest BCUT2D eigenvalue weighted by Gasteiger charge is -2.37. The molecule has 2 heteroatoms. The van der Waals surface area contributed by atoms with E-state index < -0.39 is 8.07 Å². The molecule has 0 radical (unpaired) electrons. The molecule has 1 aromatic carbocycles. The van der Waals surface area contributed by atoms with Crippen LogP contribution in [0.4, 0.5) is 0 Å². The summed E-state index contributed by atoms with van der Waals surface area (Å²) in [6.07, 6.45) is 0. The third kappa shape index (κ3) is 3.46. The minimum absolute atomic E-state index is 0.472. The maximum Gasteiger partial charge on any atom is 0.0571 e. The fourth-order valence-electron chi connectivity index (χ4n) is 1.38. The molecule has 84 valence electrons. The molecule has 0 nitrogen and oxygen atoms in total. The summed E-state index contributed by atoms with van der Waals surface area (Å²) in [6, 6.07) is 10.0. The van der Waals surface area contributed by atoms with Gasteiger partial charge in [0, 0.05) is 4.47 Å². The second-order valence-corrected chi connectivity index (χ2v) is 12.5. The lowest BCUT2D eigenvalue weighted by atomic mass is 10.2. The topological polar surface area (TPSA) is 0 Å². The first-order valence-electron chi connectivity index (χ1n) is 5.47. The summed E-state index contributed by atoms with van der Waals surface area (Å²) in [5.74, 6) is 0. The molecule has 0 aliphatic carbocycles. The van der Waals surface area contributed by atoms with Gasteiger partial charge in [-0.2, -0.15) is 0 Å². The predicted molar refractivity (Wildman–Crippen MR) is 75.0 cm³/mol. The lowest BCUT2D eigenvalue weighted by Crippen LogP contribution is -2.39. The summed E-state index contributed by atoms with van der Waals surface area (Å²) in [7, 11) is -1.18. The van der Waals surface area contributed by atoms with Crippen molar-refractivity contribution in [1.29, 1.82) is 0 Å². The Hall–Kier alpha value is -0.0831. The zero-order valence-electron chi connectivity index (χ0n) is 10.4. The van der Waals surface area contributed by atoms with Crippen molar-refractivity contribution < 1.29 is 0 Å². The van der Waals surface area contributed by atoms with Crippen molar-refractivity contribution >= 4 is 24.0 Å². The van der Waals surface area contributed by atoms with Gasteiger partial charge < -0.3 is 0 Å². The van der Waals surface area contributed by atoms with E-state index in [0.717, 1.165) is 0 Å². The molecule has 1 rings (SSSR count). The van der Waals surface area contributed by atoms with Crippen molar-refractivity contribution in [2.75, 3.05) is 0 Å². The van der Waals surface area contributed by atoms with Crippen LogP contribution in [0.5, 0.6) is 0 Å². The highest BCUT2D eigenvalue weighted by Crippen LogP contribution is 2.37. The normalized spacial score (nSPS) is 12.9. The van der Waals surface area contributed by atoms with Crippen LogP contribution in [-0.2, 0) is 6.04 Å². The number of benzene rings is 1. The summed E-state index contributed by atoms with van der Waals surface area (Å²) in [4.78, 5) is 0. The zero-order chi connectivity index (χ0) is 11.7. The Bertz CT molecular complexity index is 319. The summed E-state index contributed by atoms with van der Waals surface area (Å²) in [5, 5.41) is 0.472. The van der Waals surface area contributed by atoms with Crippen LogP contribution < -0.4 is 0 Å². The van der Waals surface area contributed by atoms with Gasteiger partial charge >= 0.3 is 0 Å². The number of hydrogen-bond acceptors (Lipinski definition) is 0. The van der Waals surface area contributed by atoms with Crippen LogP contribution in [-0.4, -0.2) is 8.07 Å². The first-order valence-corrected chi connectivity index (χ1v) is 9.47. The first kappa shape index (κ1) is 13.0. The third-order valence-corrected chi connectivity index (χ3v) is 9.47. The Morgan fingerprint density at radius 1 is 1.07 bits per heavy atom. The molecule has 0 N–H and O–H groups in total. The maximum absolute atomic E-state index is 3.48. The lowest BCUT2D eigenvalue weighted by molar-refractivity contribution is 0.714. The van der Waals surface area contributed by atoms with Gasteiger partial charge in [-0.15, -0.1) is 0 Å². The molecule has 0 saturated heterocycles. The summed E-state index contributed by atoms with van der Waals surface area (Å²) < 4.78 is 1.17. The van der Waals surface area contributed by atoms with Gasteiger partial charge in [-0.1, -0.05) is 67.5 Å². The van der Waals surface area contributed by atoms with Gasteiger partial charge in [-0.25, -0.2) is 0 Å².